The van der Waals surface area contributed by atoms with Crippen LogP contribution >= 0.6 is 0 Å². The molecule has 0 aromatic heterocycles. The Labute approximate surface area is 165 Å². The molecule has 3 rings (SSSR count). The van der Waals surface area contributed by atoms with Gasteiger partial charge in [0.25, 0.3) is 0 Å². The predicted molar refractivity (Wildman–Crippen MR) is 114 cm³/mol. The Morgan fingerprint density at radius 2 is 2.00 bits per heavy atom. The molecule has 1 N–H and O–H groups in total. The summed E-state index contributed by atoms with van der Waals surface area (Å²) in [5.74, 6) is 0.518. The summed E-state index contributed by atoms with van der Waals surface area (Å²) in [5.41, 5.74) is 3.62. The molecule has 1 aromatic rings. The topological polar surface area (TPSA) is 49.4 Å². The van der Waals surface area contributed by atoms with Gasteiger partial charge >= 0.3 is 0 Å². The van der Waals surface area contributed by atoms with Crippen molar-refractivity contribution >= 4 is 15.7 Å². The van der Waals surface area contributed by atoms with E-state index in [1.54, 1.807) is 5.57 Å². The number of hydrogen-bond donors (Lipinski definition) is 1. The van der Waals surface area contributed by atoms with Gasteiger partial charge in [-0.15, -0.1) is 0 Å². The molecule has 4 nitrogen and oxygen atoms in total. The summed E-state index contributed by atoms with van der Waals surface area (Å²) in [4.78, 5) is 2.58. The fraction of sp³-hybridized carbons (Fsp3) is 0.636. The molecule has 0 spiro atoms. The predicted octanol–water partition coefficient (Wildman–Crippen LogP) is 4.55. The summed E-state index contributed by atoms with van der Waals surface area (Å²) < 4.78 is 25.7. The first-order valence-corrected chi connectivity index (χ1v) is 12.1. The fourth-order valence-corrected chi connectivity index (χ4v) is 5.09. The smallest absolute Gasteiger partial charge is 0.229 e. The SMILES string of the molecule is CC1CN(CC=C2CCCCC2)CCC1(C)c1cccc(NS(C)(=O)=O)c1. The Morgan fingerprint density at radius 1 is 1.26 bits per heavy atom. The zero-order valence-electron chi connectivity index (χ0n) is 17.0. The molecule has 2 fully saturated rings. The molecular weight excluding hydrogens is 356 g/mol. The van der Waals surface area contributed by atoms with Crippen molar-refractivity contribution in [1.82, 2.24) is 4.90 Å². The summed E-state index contributed by atoms with van der Waals surface area (Å²) in [6.07, 6.45) is 11.5. The molecule has 1 heterocycles. The second-order valence-electron chi connectivity index (χ2n) is 8.71. The van der Waals surface area contributed by atoms with E-state index in [4.69, 9.17) is 0 Å². The second kappa shape index (κ2) is 8.36. The van der Waals surface area contributed by atoms with Crippen LogP contribution < -0.4 is 4.72 Å². The Bertz CT molecular complexity index is 779. The highest BCUT2D eigenvalue weighted by Gasteiger charge is 2.37. The number of nitrogens with one attached hydrogen (secondary N) is 1. The highest BCUT2D eigenvalue weighted by Crippen LogP contribution is 2.40. The quantitative estimate of drug-likeness (QED) is 0.751. The molecule has 1 saturated heterocycles. The maximum atomic E-state index is 11.6. The van der Waals surface area contributed by atoms with Crippen molar-refractivity contribution in [3.8, 4) is 0 Å². The van der Waals surface area contributed by atoms with E-state index >= 15 is 0 Å². The van der Waals surface area contributed by atoms with E-state index in [2.05, 4.69) is 35.6 Å². The lowest BCUT2D eigenvalue weighted by atomic mass is 9.68. The minimum atomic E-state index is -3.25. The highest BCUT2D eigenvalue weighted by molar-refractivity contribution is 7.92. The van der Waals surface area contributed by atoms with Crippen LogP contribution in [0.5, 0.6) is 0 Å². The van der Waals surface area contributed by atoms with Crippen LogP contribution in [-0.4, -0.2) is 39.2 Å². The van der Waals surface area contributed by atoms with Crippen LogP contribution in [0.2, 0.25) is 0 Å². The standard InChI is InChI=1S/C22H34N2O2S/c1-18-17-24(14-12-19-8-5-4-6-9-19)15-13-22(18,2)20-10-7-11-21(16-20)23-27(3,25)26/h7,10-12,16,18,23H,4-6,8-9,13-15,17H2,1-3H3. The normalized spacial score (nSPS) is 27.4. The van der Waals surface area contributed by atoms with E-state index in [0.717, 1.165) is 26.1 Å². The van der Waals surface area contributed by atoms with Crippen LogP contribution in [0.3, 0.4) is 0 Å². The van der Waals surface area contributed by atoms with Crippen LogP contribution in [0.1, 0.15) is 57.9 Å². The van der Waals surface area contributed by atoms with E-state index in [0.29, 0.717) is 11.6 Å². The number of likely N-dealkylation sites (tertiary alicyclic amines) is 1. The summed E-state index contributed by atoms with van der Waals surface area (Å²) in [6, 6.07) is 7.94. The molecular formula is C22H34N2O2S. The van der Waals surface area contributed by atoms with Crippen molar-refractivity contribution in [2.24, 2.45) is 5.92 Å². The van der Waals surface area contributed by atoms with Gasteiger partial charge in [0, 0.05) is 18.8 Å². The van der Waals surface area contributed by atoms with Gasteiger partial charge in [-0.3, -0.25) is 9.62 Å². The lowest BCUT2D eigenvalue weighted by Crippen LogP contribution is -2.47. The summed E-state index contributed by atoms with van der Waals surface area (Å²) in [6.45, 7) is 7.91. The zero-order valence-corrected chi connectivity index (χ0v) is 17.8. The molecule has 1 aliphatic heterocycles. The van der Waals surface area contributed by atoms with Crippen LogP contribution in [0.4, 0.5) is 5.69 Å². The number of sulfonamides is 1. The van der Waals surface area contributed by atoms with Crippen molar-refractivity contribution in [2.75, 3.05) is 30.6 Å². The Kier molecular flexibility index (Phi) is 6.32. The molecule has 150 valence electrons. The molecule has 0 bridgehead atoms. The van der Waals surface area contributed by atoms with Gasteiger partial charge in [-0.1, -0.05) is 44.1 Å². The second-order valence-corrected chi connectivity index (χ2v) is 10.5. The summed E-state index contributed by atoms with van der Waals surface area (Å²) in [7, 11) is -3.25. The zero-order chi connectivity index (χ0) is 19.5. The minimum absolute atomic E-state index is 0.0731. The van der Waals surface area contributed by atoms with Crippen molar-refractivity contribution in [1.29, 1.82) is 0 Å². The van der Waals surface area contributed by atoms with Gasteiger partial charge < -0.3 is 0 Å². The van der Waals surface area contributed by atoms with Gasteiger partial charge in [0.15, 0.2) is 0 Å². The molecule has 27 heavy (non-hydrogen) atoms. The lowest BCUT2D eigenvalue weighted by molar-refractivity contribution is 0.121. The summed E-state index contributed by atoms with van der Waals surface area (Å²) >= 11 is 0. The Hall–Kier alpha value is -1.33. The number of anilines is 1. The minimum Gasteiger partial charge on any atom is -0.299 e. The van der Waals surface area contributed by atoms with Crippen LogP contribution in [0.25, 0.3) is 0 Å². The van der Waals surface area contributed by atoms with E-state index in [9.17, 15) is 8.42 Å². The van der Waals surface area contributed by atoms with Crippen molar-refractivity contribution in [2.45, 2.75) is 57.8 Å². The van der Waals surface area contributed by atoms with Gasteiger partial charge in [0.05, 0.1) is 6.26 Å². The average molecular weight is 391 g/mol. The number of benzene rings is 1. The van der Waals surface area contributed by atoms with Crippen LogP contribution in [0, 0.1) is 5.92 Å². The fourth-order valence-electron chi connectivity index (χ4n) is 4.53. The highest BCUT2D eigenvalue weighted by atomic mass is 32.2. The number of piperidine rings is 1. The Balaban J connectivity index is 1.66. The van der Waals surface area contributed by atoms with Gasteiger partial charge in [0.1, 0.15) is 0 Å². The maximum absolute atomic E-state index is 11.6. The van der Waals surface area contributed by atoms with Crippen molar-refractivity contribution < 1.29 is 8.42 Å². The largest absolute Gasteiger partial charge is 0.299 e. The van der Waals surface area contributed by atoms with E-state index in [-0.39, 0.29) is 5.41 Å². The van der Waals surface area contributed by atoms with E-state index in [1.165, 1.54) is 43.9 Å². The number of hydrogen-bond acceptors (Lipinski definition) is 3. The van der Waals surface area contributed by atoms with E-state index in [1.807, 2.05) is 18.2 Å². The summed E-state index contributed by atoms with van der Waals surface area (Å²) in [5, 5.41) is 0. The van der Waals surface area contributed by atoms with Crippen molar-refractivity contribution in [3.63, 3.8) is 0 Å². The molecule has 1 aliphatic carbocycles. The molecule has 2 unspecified atom stereocenters. The van der Waals surface area contributed by atoms with Crippen LogP contribution in [-0.2, 0) is 15.4 Å². The average Bonchev–Trinajstić information content (AvgIpc) is 2.62. The van der Waals surface area contributed by atoms with Gasteiger partial charge in [0.2, 0.25) is 10.0 Å². The third-order valence-electron chi connectivity index (χ3n) is 6.53. The number of nitrogens with zero attached hydrogens (tertiary/aromatic N) is 1. The molecule has 0 amide bonds. The molecule has 1 saturated carbocycles. The molecule has 5 heteroatoms. The molecule has 2 atom stereocenters. The first-order chi connectivity index (χ1) is 12.8. The number of allylic oxidation sites excluding steroid dienone is 1. The maximum Gasteiger partial charge on any atom is 0.229 e. The third kappa shape index (κ3) is 5.35. The molecule has 2 aliphatic rings. The number of rotatable bonds is 5. The monoisotopic (exact) mass is 390 g/mol. The van der Waals surface area contributed by atoms with Gasteiger partial charge in [-0.2, -0.15) is 0 Å². The van der Waals surface area contributed by atoms with Gasteiger partial charge in [-0.05, 0) is 67.7 Å². The van der Waals surface area contributed by atoms with E-state index < -0.39 is 10.0 Å². The molecule has 0 radical (unpaired) electrons. The van der Waals surface area contributed by atoms with Crippen molar-refractivity contribution in [3.05, 3.63) is 41.5 Å². The first-order valence-electron chi connectivity index (χ1n) is 10.2. The van der Waals surface area contributed by atoms with Crippen LogP contribution in [0.15, 0.2) is 35.9 Å². The first kappa shape index (κ1) is 20.4. The Morgan fingerprint density at radius 3 is 2.67 bits per heavy atom. The lowest BCUT2D eigenvalue weighted by Gasteiger charge is -2.45. The molecule has 1 aromatic carbocycles. The third-order valence-corrected chi connectivity index (χ3v) is 7.13. The van der Waals surface area contributed by atoms with Gasteiger partial charge in [-0.25, -0.2) is 8.42 Å².